The number of rotatable bonds is 2. The molecule has 0 aromatic rings. The summed E-state index contributed by atoms with van der Waals surface area (Å²) in [7, 11) is 0. The molecule has 48 valence electrons. The standard InChI is InChI=1S/C4H7ClO2.Al.3H/c1-2-3(5)4(6)7;;;;/h3H,2H2,1H3,(H,6,7);;;;. The SMILES string of the molecule is CCC(Cl)C(=O)O.[AlH3]. The normalized spacial score (nSPS) is 11.8. The molecule has 0 aromatic carbocycles. The number of carboxylic acids is 1. The fourth-order valence-electron chi connectivity index (χ4n) is 0.175. The zero-order chi connectivity index (χ0) is 5.86. The van der Waals surface area contributed by atoms with Crippen LogP contribution in [0.5, 0.6) is 0 Å². The van der Waals surface area contributed by atoms with E-state index in [-0.39, 0.29) is 17.4 Å². The fraction of sp³-hybridized carbons (Fsp3) is 0.750. The van der Waals surface area contributed by atoms with Gasteiger partial charge in [-0.2, -0.15) is 0 Å². The van der Waals surface area contributed by atoms with Crippen LogP contribution in [0.3, 0.4) is 0 Å². The summed E-state index contributed by atoms with van der Waals surface area (Å²) < 4.78 is 0. The molecule has 0 amide bonds. The number of carbonyl (C=O) groups is 1. The van der Waals surface area contributed by atoms with E-state index in [9.17, 15) is 4.79 Å². The first kappa shape index (κ1) is 11.1. The van der Waals surface area contributed by atoms with Crippen molar-refractivity contribution in [2.24, 2.45) is 0 Å². The minimum absolute atomic E-state index is 0. The second-order valence-corrected chi connectivity index (χ2v) is 1.74. The molecule has 0 aliphatic rings. The summed E-state index contributed by atoms with van der Waals surface area (Å²) in [6.07, 6.45) is 0.483. The van der Waals surface area contributed by atoms with Crippen molar-refractivity contribution in [2.45, 2.75) is 18.7 Å². The Morgan fingerprint density at radius 1 is 1.88 bits per heavy atom. The molecule has 1 unspecified atom stereocenters. The Morgan fingerprint density at radius 3 is 2.25 bits per heavy atom. The van der Waals surface area contributed by atoms with Crippen molar-refractivity contribution in [1.82, 2.24) is 0 Å². The molecule has 0 aliphatic carbocycles. The highest BCUT2D eigenvalue weighted by Crippen LogP contribution is 1.98. The average molecular weight is 153 g/mol. The Labute approximate surface area is 64.0 Å². The number of hydrogen-bond donors (Lipinski definition) is 1. The third-order valence-corrected chi connectivity index (χ3v) is 1.12. The van der Waals surface area contributed by atoms with Crippen LogP contribution in [0.2, 0.25) is 0 Å². The maximum absolute atomic E-state index is 9.80. The van der Waals surface area contributed by atoms with Crippen LogP contribution in [0.4, 0.5) is 0 Å². The van der Waals surface area contributed by atoms with Crippen molar-refractivity contribution >= 4 is 34.9 Å². The van der Waals surface area contributed by atoms with Crippen LogP contribution in [0.15, 0.2) is 0 Å². The molecule has 0 saturated carbocycles. The van der Waals surface area contributed by atoms with Gasteiger partial charge < -0.3 is 5.11 Å². The van der Waals surface area contributed by atoms with E-state index in [1.807, 2.05) is 0 Å². The lowest BCUT2D eigenvalue weighted by Gasteiger charge is -1.93. The molecule has 0 aromatic heterocycles. The Bertz CT molecular complexity index is 76.4. The number of alkyl halides is 1. The van der Waals surface area contributed by atoms with Gasteiger partial charge >= 0.3 is 5.97 Å². The van der Waals surface area contributed by atoms with Crippen LogP contribution in [-0.4, -0.2) is 33.8 Å². The van der Waals surface area contributed by atoms with Crippen molar-refractivity contribution in [1.29, 1.82) is 0 Å². The van der Waals surface area contributed by atoms with Crippen LogP contribution in [0.25, 0.3) is 0 Å². The highest BCUT2D eigenvalue weighted by molar-refractivity contribution is 6.29. The van der Waals surface area contributed by atoms with Crippen LogP contribution in [0, 0.1) is 0 Å². The van der Waals surface area contributed by atoms with Gasteiger partial charge in [0.05, 0.1) is 0 Å². The largest absolute Gasteiger partial charge is 0.480 e. The zero-order valence-electron chi connectivity index (χ0n) is 4.02. The number of halogens is 1. The van der Waals surface area contributed by atoms with E-state index in [0.29, 0.717) is 6.42 Å². The van der Waals surface area contributed by atoms with E-state index in [1.165, 1.54) is 0 Å². The van der Waals surface area contributed by atoms with Crippen molar-refractivity contribution in [2.75, 3.05) is 0 Å². The molecule has 2 nitrogen and oxygen atoms in total. The lowest BCUT2D eigenvalue weighted by molar-refractivity contribution is -0.136. The van der Waals surface area contributed by atoms with Gasteiger partial charge in [0.25, 0.3) is 0 Å². The molecule has 1 N–H and O–H groups in total. The van der Waals surface area contributed by atoms with Crippen molar-refractivity contribution in [3.8, 4) is 0 Å². The second-order valence-electron chi connectivity index (χ2n) is 1.21. The predicted molar refractivity (Wildman–Crippen MR) is 37.5 cm³/mol. The molecule has 0 saturated heterocycles. The molecule has 0 heterocycles. The van der Waals surface area contributed by atoms with Gasteiger partial charge in [0.2, 0.25) is 0 Å². The summed E-state index contributed by atoms with van der Waals surface area (Å²) in [4.78, 5) is 9.80. The smallest absolute Gasteiger partial charge is 0.321 e. The van der Waals surface area contributed by atoms with Crippen LogP contribution < -0.4 is 0 Å². The highest BCUT2D eigenvalue weighted by atomic mass is 35.5. The third-order valence-electron chi connectivity index (χ3n) is 0.626. The summed E-state index contributed by atoms with van der Waals surface area (Å²) in [6, 6.07) is 0. The van der Waals surface area contributed by atoms with E-state index in [1.54, 1.807) is 6.92 Å². The highest BCUT2D eigenvalue weighted by Gasteiger charge is 2.08. The number of hydrogen-bond acceptors (Lipinski definition) is 1. The van der Waals surface area contributed by atoms with Crippen molar-refractivity contribution in [3.63, 3.8) is 0 Å². The summed E-state index contributed by atoms with van der Waals surface area (Å²) in [5.74, 6) is -0.941. The topological polar surface area (TPSA) is 37.3 Å². The van der Waals surface area contributed by atoms with E-state index >= 15 is 0 Å². The van der Waals surface area contributed by atoms with Gasteiger partial charge in [0.1, 0.15) is 5.38 Å². The first-order valence-electron chi connectivity index (χ1n) is 2.05. The lowest BCUT2D eigenvalue weighted by atomic mass is 10.3. The molecule has 0 radical (unpaired) electrons. The van der Waals surface area contributed by atoms with Gasteiger partial charge in [-0.15, -0.1) is 11.6 Å². The van der Waals surface area contributed by atoms with Gasteiger partial charge in [0.15, 0.2) is 17.4 Å². The first-order valence-corrected chi connectivity index (χ1v) is 2.49. The third kappa shape index (κ3) is 4.45. The monoisotopic (exact) mass is 152 g/mol. The molecule has 1 atom stereocenters. The summed E-state index contributed by atoms with van der Waals surface area (Å²) in [6.45, 7) is 1.73. The van der Waals surface area contributed by atoms with Crippen molar-refractivity contribution in [3.05, 3.63) is 0 Å². The zero-order valence-corrected chi connectivity index (χ0v) is 4.77. The maximum atomic E-state index is 9.80. The van der Waals surface area contributed by atoms with Gasteiger partial charge in [-0.25, -0.2) is 0 Å². The number of aliphatic carboxylic acids is 1. The molecule has 0 aliphatic heterocycles. The Morgan fingerprint density at radius 2 is 2.25 bits per heavy atom. The molecule has 0 fully saturated rings. The Kier molecular flexibility index (Phi) is 7.56. The van der Waals surface area contributed by atoms with Gasteiger partial charge in [-0.3, -0.25) is 4.79 Å². The van der Waals surface area contributed by atoms with Crippen molar-refractivity contribution < 1.29 is 9.90 Å². The first-order chi connectivity index (χ1) is 3.18. The summed E-state index contributed by atoms with van der Waals surface area (Å²) in [5, 5.41) is 7.34. The van der Waals surface area contributed by atoms with E-state index in [4.69, 9.17) is 16.7 Å². The van der Waals surface area contributed by atoms with Gasteiger partial charge in [-0.05, 0) is 6.42 Å². The second kappa shape index (κ2) is 5.43. The molecule has 8 heavy (non-hydrogen) atoms. The average Bonchev–Trinajstić information content (AvgIpc) is 1.65. The Hall–Kier alpha value is 0.292. The van der Waals surface area contributed by atoms with Crippen LogP contribution >= 0.6 is 11.6 Å². The fourth-order valence-corrected chi connectivity index (χ4v) is 0.175. The molecule has 4 heteroatoms. The minimum Gasteiger partial charge on any atom is -0.480 e. The molecule has 0 bridgehead atoms. The van der Waals surface area contributed by atoms with E-state index in [0.717, 1.165) is 0 Å². The maximum Gasteiger partial charge on any atom is 0.321 e. The van der Waals surface area contributed by atoms with Gasteiger partial charge in [0, 0.05) is 0 Å². The molecular weight excluding hydrogens is 142 g/mol. The van der Waals surface area contributed by atoms with E-state index < -0.39 is 11.3 Å². The predicted octanol–water partition coefficient (Wildman–Crippen LogP) is -0.0955. The number of carboxylic acid groups (broad SMARTS) is 1. The summed E-state index contributed by atoms with van der Waals surface area (Å²) in [5.41, 5.74) is 0. The Balaban J connectivity index is 0. The van der Waals surface area contributed by atoms with Crippen LogP contribution in [0.1, 0.15) is 13.3 Å². The molecule has 0 spiro atoms. The molecular formula is C4H10AlClO2. The quantitative estimate of drug-likeness (QED) is 0.444. The van der Waals surface area contributed by atoms with E-state index in [2.05, 4.69) is 0 Å². The molecule has 0 rings (SSSR count). The summed E-state index contributed by atoms with van der Waals surface area (Å²) >= 11 is 5.20. The lowest BCUT2D eigenvalue weighted by Crippen LogP contribution is -2.10. The van der Waals surface area contributed by atoms with Crippen LogP contribution in [-0.2, 0) is 4.79 Å². The minimum atomic E-state index is -0.941. The van der Waals surface area contributed by atoms with Gasteiger partial charge in [-0.1, -0.05) is 6.92 Å².